The highest BCUT2D eigenvalue weighted by molar-refractivity contribution is 7.92. The summed E-state index contributed by atoms with van der Waals surface area (Å²) in [5.41, 5.74) is 2.70. The summed E-state index contributed by atoms with van der Waals surface area (Å²) >= 11 is 0. The lowest BCUT2D eigenvalue weighted by molar-refractivity contribution is 0.596. The predicted octanol–water partition coefficient (Wildman–Crippen LogP) is 3.28. The highest BCUT2D eigenvalue weighted by Crippen LogP contribution is 2.25. The van der Waals surface area contributed by atoms with Crippen molar-refractivity contribution < 1.29 is 8.42 Å². The van der Waals surface area contributed by atoms with Crippen molar-refractivity contribution in [3.05, 3.63) is 29.5 Å². The average molecular weight is 305 g/mol. The highest BCUT2D eigenvalue weighted by atomic mass is 32.2. The Morgan fingerprint density at radius 2 is 2.10 bits per heavy atom. The number of aromatic amines is 1. The Labute approximate surface area is 125 Å². The Kier molecular flexibility index (Phi) is 4.53. The summed E-state index contributed by atoms with van der Waals surface area (Å²) in [6.07, 6.45) is 2.55. The van der Waals surface area contributed by atoms with Crippen molar-refractivity contribution in [2.75, 3.05) is 10.5 Å². The van der Waals surface area contributed by atoms with Crippen molar-refractivity contribution in [3.8, 4) is 6.07 Å². The van der Waals surface area contributed by atoms with Crippen LogP contribution in [0.3, 0.4) is 0 Å². The largest absolute Gasteiger partial charge is 0.346 e. The molecule has 5 nitrogen and oxygen atoms in total. The van der Waals surface area contributed by atoms with Gasteiger partial charge in [0.05, 0.1) is 5.75 Å². The van der Waals surface area contributed by atoms with Gasteiger partial charge in [0, 0.05) is 16.6 Å². The number of sulfonamides is 1. The number of H-pyrrole nitrogens is 1. The molecule has 0 saturated heterocycles. The molecule has 0 saturated carbocycles. The average Bonchev–Trinajstić information content (AvgIpc) is 2.75. The quantitative estimate of drug-likeness (QED) is 0.803. The van der Waals surface area contributed by atoms with Gasteiger partial charge in [0.25, 0.3) is 0 Å². The molecule has 0 spiro atoms. The van der Waals surface area contributed by atoms with Crippen LogP contribution in [0, 0.1) is 18.3 Å². The van der Waals surface area contributed by atoms with Crippen LogP contribution in [-0.2, 0) is 10.0 Å². The summed E-state index contributed by atoms with van der Waals surface area (Å²) in [5.74, 6) is 0.133. The SMILES string of the molecule is CCCCCS(=O)(=O)Nc1ccc2[nH]c(C#N)c(C)c2c1. The summed E-state index contributed by atoms with van der Waals surface area (Å²) < 4.78 is 26.6. The van der Waals surface area contributed by atoms with Crippen LogP contribution in [0.2, 0.25) is 0 Å². The van der Waals surface area contributed by atoms with Gasteiger partial charge in [-0.1, -0.05) is 19.8 Å². The van der Waals surface area contributed by atoms with Crippen LogP contribution >= 0.6 is 0 Å². The van der Waals surface area contributed by atoms with Crippen LogP contribution < -0.4 is 4.72 Å². The molecule has 6 heteroatoms. The van der Waals surface area contributed by atoms with Crippen molar-refractivity contribution in [2.45, 2.75) is 33.1 Å². The summed E-state index contributed by atoms with van der Waals surface area (Å²) in [7, 11) is -3.31. The topological polar surface area (TPSA) is 85.8 Å². The number of rotatable bonds is 6. The zero-order valence-electron chi connectivity index (χ0n) is 12.2. The fourth-order valence-electron chi connectivity index (χ4n) is 2.27. The van der Waals surface area contributed by atoms with E-state index in [0.717, 1.165) is 29.3 Å². The first kappa shape index (κ1) is 15.4. The fraction of sp³-hybridized carbons (Fsp3) is 0.400. The van der Waals surface area contributed by atoms with E-state index in [1.807, 2.05) is 13.8 Å². The first-order valence-electron chi connectivity index (χ1n) is 6.99. The van der Waals surface area contributed by atoms with Crippen molar-refractivity contribution >= 4 is 26.6 Å². The third kappa shape index (κ3) is 3.56. The minimum absolute atomic E-state index is 0.133. The third-order valence-corrected chi connectivity index (χ3v) is 4.83. The molecular weight excluding hydrogens is 286 g/mol. The molecule has 2 N–H and O–H groups in total. The van der Waals surface area contributed by atoms with Crippen molar-refractivity contribution in [3.63, 3.8) is 0 Å². The molecule has 2 aromatic rings. The lowest BCUT2D eigenvalue weighted by atomic mass is 10.1. The van der Waals surface area contributed by atoms with E-state index in [4.69, 9.17) is 5.26 Å². The maximum Gasteiger partial charge on any atom is 0.232 e. The smallest absolute Gasteiger partial charge is 0.232 e. The Hall–Kier alpha value is -2.00. The monoisotopic (exact) mass is 305 g/mol. The second-order valence-corrected chi connectivity index (χ2v) is 6.97. The van der Waals surface area contributed by atoms with Gasteiger partial charge in [0.15, 0.2) is 0 Å². The van der Waals surface area contributed by atoms with Crippen LogP contribution in [0.5, 0.6) is 0 Å². The first-order chi connectivity index (χ1) is 9.96. The number of fused-ring (bicyclic) bond motifs is 1. The number of nitrogens with zero attached hydrogens (tertiary/aromatic N) is 1. The van der Waals surface area contributed by atoms with Crippen LogP contribution in [0.1, 0.15) is 37.4 Å². The predicted molar refractivity (Wildman–Crippen MR) is 84.7 cm³/mol. The Morgan fingerprint density at radius 1 is 1.33 bits per heavy atom. The van der Waals surface area contributed by atoms with E-state index in [2.05, 4.69) is 15.8 Å². The number of benzene rings is 1. The molecular formula is C15H19N3O2S. The molecule has 21 heavy (non-hydrogen) atoms. The zero-order valence-corrected chi connectivity index (χ0v) is 13.0. The first-order valence-corrected chi connectivity index (χ1v) is 8.65. The molecule has 0 aliphatic rings. The zero-order chi connectivity index (χ0) is 15.5. The van der Waals surface area contributed by atoms with E-state index in [1.165, 1.54) is 0 Å². The van der Waals surface area contributed by atoms with Crippen molar-refractivity contribution in [2.24, 2.45) is 0 Å². The van der Waals surface area contributed by atoms with Gasteiger partial charge in [-0.05, 0) is 37.1 Å². The number of nitriles is 1. The van der Waals surface area contributed by atoms with Crippen LogP contribution in [0.15, 0.2) is 18.2 Å². The van der Waals surface area contributed by atoms with Gasteiger partial charge in [0.1, 0.15) is 11.8 Å². The van der Waals surface area contributed by atoms with Gasteiger partial charge in [-0.25, -0.2) is 8.42 Å². The molecule has 0 fully saturated rings. The van der Waals surface area contributed by atoms with Crippen LogP contribution in [-0.4, -0.2) is 19.2 Å². The number of nitrogens with one attached hydrogen (secondary N) is 2. The third-order valence-electron chi connectivity index (χ3n) is 3.46. The molecule has 1 aromatic carbocycles. The second kappa shape index (κ2) is 6.19. The molecule has 0 unspecified atom stereocenters. The molecule has 0 radical (unpaired) electrons. The Balaban J connectivity index is 2.23. The summed E-state index contributed by atoms with van der Waals surface area (Å²) in [5, 5.41) is 9.86. The van der Waals surface area contributed by atoms with Crippen molar-refractivity contribution in [1.82, 2.24) is 4.98 Å². The Morgan fingerprint density at radius 3 is 2.76 bits per heavy atom. The van der Waals surface area contributed by atoms with Gasteiger partial charge in [0.2, 0.25) is 10.0 Å². The standard InChI is InChI=1S/C15H19N3O2S/c1-3-4-5-8-21(19,20)18-12-6-7-14-13(9-12)11(2)15(10-16)17-14/h6-7,9,17-18H,3-5,8H2,1-2H3. The number of unbranched alkanes of at least 4 members (excludes halogenated alkanes) is 2. The molecule has 1 heterocycles. The summed E-state index contributed by atoms with van der Waals surface area (Å²) in [6.45, 7) is 3.88. The van der Waals surface area contributed by atoms with E-state index in [9.17, 15) is 8.42 Å². The molecule has 0 amide bonds. The molecule has 2 rings (SSSR count). The normalized spacial score (nSPS) is 11.5. The van der Waals surface area contributed by atoms with Gasteiger partial charge >= 0.3 is 0 Å². The molecule has 1 aromatic heterocycles. The molecule has 112 valence electrons. The Bertz CT molecular complexity index is 785. The molecule has 0 bridgehead atoms. The number of hydrogen-bond acceptors (Lipinski definition) is 3. The van der Waals surface area contributed by atoms with E-state index >= 15 is 0 Å². The van der Waals surface area contributed by atoms with E-state index in [1.54, 1.807) is 18.2 Å². The van der Waals surface area contributed by atoms with Gasteiger partial charge in [-0.15, -0.1) is 0 Å². The number of aryl methyl sites for hydroxylation is 1. The lowest BCUT2D eigenvalue weighted by Crippen LogP contribution is -2.16. The van der Waals surface area contributed by atoms with Gasteiger partial charge < -0.3 is 4.98 Å². The molecule has 0 aliphatic heterocycles. The summed E-state index contributed by atoms with van der Waals surface area (Å²) in [6, 6.07) is 7.35. The molecule has 0 atom stereocenters. The molecule has 0 aliphatic carbocycles. The number of aromatic nitrogens is 1. The van der Waals surface area contributed by atoms with E-state index in [-0.39, 0.29) is 5.75 Å². The highest BCUT2D eigenvalue weighted by Gasteiger charge is 2.12. The second-order valence-electron chi connectivity index (χ2n) is 5.13. The summed E-state index contributed by atoms with van der Waals surface area (Å²) in [4.78, 5) is 3.01. The number of hydrogen-bond donors (Lipinski definition) is 2. The van der Waals surface area contributed by atoms with E-state index < -0.39 is 10.0 Å². The van der Waals surface area contributed by atoms with Gasteiger partial charge in [-0.2, -0.15) is 5.26 Å². The lowest BCUT2D eigenvalue weighted by Gasteiger charge is -2.08. The van der Waals surface area contributed by atoms with E-state index in [0.29, 0.717) is 17.8 Å². The maximum absolute atomic E-state index is 12.0. The van der Waals surface area contributed by atoms with Gasteiger partial charge in [-0.3, -0.25) is 4.72 Å². The minimum atomic E-state index is -3.31. The number of anilines is 1. The van der Waals surface area contributed by atoms with Crippen molar-refractivity contribution in [1.29, 1.82) is 5.26 Å². The fourth-order valence-corrected chi connectivity index (χ4v) is 3.45. The maximum atomic E-state index is 12.0. The van der Waals surface area contributed by atoms with Crippen LogP contribution in [0.4, 0.5) is 5.69 Å². The minimum Gasteiger partial charge on any atom is -0.346 e. The van der Waals surface area contributed by atoms with Crippen LogP contribution in [0.25, 0.3) is 10.9 Å².